The summed E-state index contributed by atoms with van der Waals surface area (Å²) in [7, 11) is 0. The lowest BCUT2D eigenvalue weighted by molar-refractivity contribution is -0.137. The number of carboxylic acids is 1. The lowest BCUT2D eigenvalue weighted by Gasteiger charge is -2.40. The molecule has 0 radical (unpaired) electrons. The Hall–Kier alpha value is -2.06. The summed E-state index contributed by atoms with van der Waals surface area (Å²) in [6, 6.07) is 9.66. The van der Waals surface area contributed by atoms with Gasteiger partial charge < -0.3 is 15.3 Å². The predicted octanol–water partition coefficient (Wildman–Crippen LogP) is 1.20. The Bertz CT molecular complexity index is 510. The van der Waals surface area contributed by atoms with E-state index in [1.807, 2.05) is 23.1 Å². The van der Waals surface area contributed by atoms with E-state index in [-0.39, 0.29) is 18.5 Å². The van der Waals surface area contributed by atoms with Gasteiger partial charge in [0.05, 0.1) is 23.7 Å². The fourth-order valence-corrected chi connectivity index (χ4v) is 2.45. The molecule has 0 aliphatic carbocycles. The van der Waals surface area contributed by atoms with Gasteiger partial charge in [0.15, 0.2) is 0 Å². The SMILES string of the molecule is CC1CN(c2ccccc2C#N)C(CC(=O)O)CN1. The Kier molecular flexibility index (Phi) is 4.03. The van der Waals surface area contributed by atoms with Gasteiger partial charge in [-0.25, -0.2) is 0 Å². The summed E-state index contributed by atoms with van der Waals surface area (Å²) in [5.74, 6) is -0.819. The molecular formula is C14H17N3O2. The average molecular weight is 259 g/mol. The van der Waals surface area contributed by atoms with Crippen LogP contribution in [0.3, 0.4) is 0 Å². The molecular weight excluding hydrogens is 242 g/mol. The molecule has 0 spiro atoms. The van der Waals surface area contributed by atoms with Gasteiger partial charge in [-0.3, -0.25) is 4.79 Å². The van der Waals surface area contributed by atoms with Crippen LogP contribution in [0.5, 0.6) is 0 Å². The third-order valence-electron chi connectivity index (χ3n) is 3.36. The minimum Gasteiger partial charge on any atom is -0.481 e. The molecule has 0 bridgehead atoms. The van der Waals surface area contributed by atoms with Gasteiger partial charge in [-0.2, -0.15) is 5.26 Å². The Balaban J connectivity index is 2.31. The molecule has 5 heteroatoms. The molecule has 100 valence electrons. The number of hydrogen-bond donors (Lipinski definition) is 2. The van der Waals surface area contributed by atoms with Crippen molar-refractivity contribution in [3.05, 3.63) is 29.8 Å². The van der Waals surface area contributed by atoms with Crippen molar-refractivity contribution in [3.63, 3.8) is 0 Å². The monoisotopic (exact) mass is 259 g/mol. The number of para-hydroxylation sites is 1. The van der Waals surface area contributed by atoms with E-state index in [0.29, 0.717) is 18.7 Å². The second-order valence-electron chi connectivity index (χ2n) is 4.84. The highest BCUT2D eigenvalue weighted by Crippen LogP contribution is 2.25. The Morgan fingerprint density at radius 3 is 3.00 bits per heavy atom. The maximum Gasteiger partial charge on any atom is 0.305 e. The van der Waals surface area contributed by atoms with Crippen LogP contribution in [0.2, 0.25) is 0 Å². The van der Waals surface area contributed by atoms with Crippen molar-refractivity contribution >= 4 is 11.7 Å². The molecule has 19 heavy (non-hydrogen) atoms. The topological polar surface area (TPSA) is 76.4 Å². The van der Waals surface area contributed by atoms with Gasteiger partial charge in [0.1, 0.15) is 6.07 Å². The molecule has 1 aromatic rings. The van der Waals surface area contributed by atoms with Crippen LogP contribution >= 0.6 is 0 Å². The first kappa shape index (κ1) is 13.4. The fraction of sp³-hybridized carbons (Fsp3) is 0.429. The van der Waals surface area contributed by atoms with Crippen LogP contribution in [-0.4, -0.2) is 36.2 Å². The third-order valence-corrected chi connectivity index (χ3v) is 3.36. The average Bonchev–Trinajstić information content (AvgIpc) is 2.40. The summed E-state index contributed by atoms with van der Waals surface area (Å²) in [4.78, 5) is 13.0. The van der Waals surface area contributed by atoms with Gasteiger partial charge in [0.2, 0.25) is 0 Å². The maximum atomic E-state index is 11.0. The minimum atomic E-state index is -0.819. The fourth-order valence-electron chi connectivity index (χ4n) is 2.45. The minimum absolute atomic E-state index is 0.0689. The highest BCUT2D eigenvalue weighted by Gasteiger charge is 2.28. The van der Waals surface area contributed by atoms with Gasteiger partial charge in [0.25, 0.3) is 0 Å². The zero-order valence-corrected chi connectivity index (χ0v) is 10.8. The van der Waals surface area contributed by atoms with E-state index in [2.05, 4.69) is 18.3 Å². The lowest BCUT2D eigenvalue weighted by atomic mass is 10.0. The second kappa shape index (κ2) is 5.72. The van der Waals surface area contributed by atoms with Crippen molar-refractivity contribution in [2.75, 3.05) is 18.0 Å². The Labute approximate surface area is 112 Å². The van der Waals surface area contributed by atoms with Crippen LogP contribution in [0, 0.1) is 11.3 Å². The number of nitriles is 1. The normalized spacial score (nSPS) is 22.8. The number of nitrogens with zero attached hydrogens (tertiary/aromatic N) is 2. The van der Waals surface area contributed by atoms with E-state index in [9.17, 15) is 10.1 Å². The number of piperazine rings is 1. The van der Waals surface area contributed by atoms with Crippen LogP contribution in [0.25, 0.3) is 0 Å². The zero-order valence-electron chi connectivity index (χ0n) is 10.8. The molecule has 0 aromatic heterocycles. The van der Waals surface area contributed by atoms with Gasteiger partial charge in [-0.15, -0.1) is 0 Å². The van der Waals surface area contributed by atoms with Crippen LogP contribution < -0.4 is 10.2 Å². The molecule has 1 saturated heterocycles. The van der Waals surface area contributed by atoms with E-state index < -0.39 is 5.97 Å². The molecule has 2 rings (SSSR count). The van der Waals surface area contributed by atoms with E-state index >= 15 is 0 Å². The molecule has 1 aromatic carbocycles. The van der Waals surface area contributed by atoms with Crippen LogP contribution in [0.15, 0.2) is 24.3 Å². The first-order valence-electron chi connectivity index (χ1n) is 6.32. The Morgan fingerprint density at radius 2 is 2.32 bits per heavy atom. The second-order valence-corrected chi connectivity index (χ2v) is 4.84. The highest BCUT2D eigenvalue weighted by molar-refractivity contribution is 5.69. The third kappa shape index (κ3) is 3.04. The van der Waals surface area contributed by atoms with Crippen molar-refractivity contribution in [1.29, 1.82) is 5.26 Å². The molecule has 2 N–H and O–H groups in total. The number of hydrogen-bond acceptors (Lipinski definition) is 4. The standard InChI is InChI=1S/C14H17N3O2/c1-10-9-17(12(8-16-10)6-14(18)19)13-5-3-2-4-11(13)7-15/h2-5,10,12,16H,6,8-9H2,1H3,(H,18,19). The van der Waals surface area contributed by atoms with E-state index in [4.69, 9.17) is 5.11 Å². The number of aliphatic carboxylic acids is 1. The van der Waals surface area contributed by atoms with Crippen molar-refractivity contribution in [3.8, 4) is 6.07 Å². The van der Waals surface area contributed by atoms with Crippen LogP contribution in [0.4, 0.5) is 5.69 Å². The number of nitrogens with one attached hydrogen (secondary N) is 1. The van der Waals surface area contributed by atoms with Crippen molar-refractivity contribution in [2.45, 2.75) is 25.4 Å². The summed E-state index contributed by atoms with van der Waals surface area (Å²) in [5, 5.41) is 21.5. The quantitative estimate of drug-likeness (QED) is 0.853. The summed E-state index contributed by atoms with van der Waals surface area (Å²) in [6.45, 7) is 3.38. The predicted molar refractivity (Wildman–Crippen MR) is 72.0 cm³/mol. The smallest absolute Gasteiger partial charge is 0.305 e. The number of rotatable bonds is 3. The molecule has 0 amide bonds. The number of carboxylic acid groups (broad SMARTS) is 1. The molecule has 2 atom stereocenters. The summed E-state index contributed by atoms with van der Waals surface area (Å²) in [5.41, 5.74) is 1.41. The van der Waals surface area contributed by atoms with Crippen molar-refractivity contribution < 1.29 is 9.90 Å². The molecule has 1 heterocycles. The lowest BCUT2D eigenvalue weighted by Crippen LogP contribution is -2.56. The van der Waals surface area contributed by atoms with Crippen LogP contribution in [0.1, 0.15) is 18.9 Å². The molecule has 0 saturated carbocycles. The number of benzene rings is 1. The van der Waals surface area contributed by atoms with Crippen molar-refractivity contribution in [1.82, 2.24) is 5.32 Å². The maximum absolute atomic E-state index is 11.0. The highest BCUT2D eigenvalue weighted by atomic mass is 16.4. The molecule has 5 nitrogen and oxygen atoms in total. The number of anilines is 1. The van der Waals surface area contributed by atoms with E-state index in [1.54, 1.807) is 6.07 Å². The van der Waals surface area contributed by atoms with E-state index in [0.717, 1.165) is 5.69 Å². The molecule has 2 unspecified atom stereocenters. The number of carbonyl (C=O) groups is 1. The van der Waals surface area contributed by atoms with Gasteiger partial charge in [0, 0.05) is 19.1 Å². The first-order chi connectivity index (χ1) is 9.11. The largest absolute Gasteiger partial charge is 0.481 e. The zero-order chi connectivity index (χ0) is 13.8. The van der Waals surface area contributed by atoms with E-state index in [1.165, 1.54) is 0 Å². The summed E-state index contributed by atoms with van der Waals surface area (Å²) in [6.07, 6.45) is 0.0689. The molecule has 1 aliphatic heterocycles. The first-order valence-corrected chi connectivity index (χ1v) is 6.32. The molecule has 1 fully saturated rings. The van der Waals surface area contributed by atoms with Crippen molar-refractivity contribution in [2.24, 2.45) is 0 Å². The summed E-state index contributed by atoms with van der Waals surface area (Å²) < 4.78 is 0. The van der Waals surface area contributed by atoms with Gasteiger partial charge in [-0.1, -0.05) is 12.1 Å². The Morgan fingerprint density at radius 1 is 1.58 bits per heavy atom. The van der Waals surface area contributed by atoms with Crippen LogP contribution in [-0.2, 0) is 4.79 Å². The molecule has 1 aliphatic rings. The van der Waals surface area contributed by atoms with Gasteiger partial charge >= 0.3 is 5.97 Å². The summed E-state index contributed by atoms with van der Waals surface area (Å²) >= 11 is 0. The van der Waals surface area contributed by atoms with Gasteiger partial charge in [-0.05, 0) is 19.1 Å².